The molecule has 160 valence electrons. The molecule has 30 heavy (non-hydrogen) atoms. The molecule has 0 radical (unpaired) electrons. The fourth-order valence-corrected chi connectivity index (χ4v) is 4.90. The van der Waals surface area contributed by atoms with Gasteiger partial charge in [-0.3, -0.25) is 0 Å². The number of amides is 1. The van der Waals surface area contributed by atoms with Crippen LogP contribution in [0.1, 0.15) is 62.1 Å². The highest BCUT2D eigenvalue weighted by atomic mass is 16.6. The highest BCUT2D eigenvalue weighted by Crippen LogP contribution is 2.26. The lowest BCUT2D eigenvalue weighted by Gasteiger charge is -2.35. The maximum Gasteiger partial charge on any atom is 0.408 e. The monoisotopic (exact) mass is 406 g/mol. The molecule has 1 amide bonds. The van der Waals surface area contributed by atoms with Gasteiger partial charge >= 0.3 is 6.09 Å². The van der Waals surface area contributed by atoms with Crippen molar-refractivity contribution in [3.63, 3.8) is 0 Å². The predicted molar refractivity (Wildman–Crippen MR) is 120 cm³/mol. The largest absolute Gasteiger partial charge is 0.446 e. The Morgan fingerprint density at radius 3 is 2.00 bits per heavy atom. The van der Waals surface area contributed by atoms with Gasteiger partial charge in [-0.2, -0.15) is 0 Å². The van der Waals surface area contributed by atoms with Gasteiger partial charge in [-0.15, -0.1) is 0 Å². The van der Waals surface area contributed by atoms with Crippen LogP contribution in [0.25, 0.3) is 0 Å². The van der Waals surface area contributed by atoms with Gasteiger partial charge in [0.2, 0.25) is 0 Å². The third kappa shape index (κ3) is 5.85. The molecular weight excluding hydrogens is 372 g/mol. The van der Waals surface area contributed by atoms with Crippen LogP contribution in [0.2, 0.25) is 0 Å². The van der Waals surface area contributed by atoms with E-state index >= 15 is 0 Å². The molecule has 4 rings (SSSR count). The summed E-state index contributed by atoms with van der Waals surface area (Å²) in [6.07, 6.45) is 8.54. The lowest BCUT2D eigenvalue weighted by atomic mass is 9.88. The number of benzene rings is 2. The first-order valence-corrected chi connectivity index (χ1v) is 11.6. The fourth-order valence-electron chi connectivity index (χ4n) is 4.90. The van der Waals surface area contributed by atoms with Crippen molar-refractivity contribution in [1.29, 1.82) is 0 Å². The summed E-state index contributed by atoms with van der Waals surface area (Å²) in [7, 11) is 0. The number of ether oxygens (including phenoxy) is 1. The van der Waals surface area contributed by atoms with Crippen molar-refractivity contribution in [2.75, 3.05) is 19.6 Å². The standard InChI is InChI=1S/C26H34N2O2/c29-26(27-25(22-12-6-2-7-13-22)23-14-8-3-9-15-23)30-24-16-18-28(19-17-24)20-21-10-4-1-5-11-21/h2-3,6-9,12-15,21,24-25H,1,4-5,10-11,16-20H2,(H,27,29). The van der Waals surface area contributed by atoms with Crippen molar-refractivity contribution < 1.29 is 9.53 Å². The van der Waals surface area contributed by atoms with Crippen LogP contribution in [-0.4, -0.2) is 36.7 Å². The number of carbonyl (C=O) groups excluding carboxylic acids is 1. The van der Waals surface area contributed by atoms with E-state index in [1.165, 1.54) is 38.6 Å². The molecule has 1 saturated heterocycles. The number of nitrogens with one attached hydrogen (secondary N) is 1. The molecule has 1 saturated carbocycles. The molecule has 0 bridgehead atoms. The molecule has 2 fully saturated rings. The van der Waals surface area contributed by atoms with Gasteiger partial charge in [-0.1, -0.05) is 79.9 Å². The van der Waals surface area contributed by atoms with Crippen molar-refractivity contribution >= 4 is 6.09 Å². The predicted octanol–water partition coefficient (Wildman–Crippen LogP) is 5.55. The first-order valence-electron chi connectivity index (χ1n) is 11.6. The summed E-state index contributed by atoms with van der Waals surface area (Å²) in [6, 6.07) is 20.0. The summed E-state index contributed by atoms with van der Waals surface area (Å²) in [6.45, 7) is 3.30. The molecule has 0 spiro atoms. The Bertz CT molecular complexity index is 727. The third-order valence-corrected chi connectivity index (χ3v) is 6.58. The normalized spacial score (nSPS) is 19.0. The average Bonchev–Trinajstić information content (AvgIpc) is 2.81. The molecule has 4 nitrogen and oxygen atoms in total. The number of hydrogen-bond acceptors (Lipinski definition) is 3. The second-order valence-corrected chi connectivity index (χ2v) is 8.81. The quantitative estimate of drug-likeness (QED) is 0.684. The molecule has 0 unspecified atom stereocenters. The van der Waals surface area contributed by atoms with Crippen LogP contribution in [0.15, 0.2) is 60.7 Å². The smallest absolute Gasteiger partial charge is 0.408 e. The van der Waals surface area contributed by atoms with Gasteiger partial charge in [0.05, 0.1) is 6.04 Å². The molecule has 2 aromatic carbocycles. The fraction of sp³-hybridized carbons (Fsp3) is 0.500. The Hall–Kier alpha value is -2.33. The van der Waals surface area contributed by atoms with Crippen molar-refractivity contribution in [1.82, 2.24) is 10.2 Å². The van der Waals surface area contributed by atoms with E-state index in [1.54, 1.807) is 0 Å². The summed E-state index contributed by atoms with van der Waals surface area (Å²) >= 11 is 0. The zero-order valence-corrected chi connectivity index (χ0v) is 17.8. The van der Waals surface area contributed by atoms with E-state index < -0.39 is 0 Å². The summed E-state index contributed by atoms with van der Waals surface area (Å²) in [5, 5.41) is 3.10. The Morgan fingerprint density at radius 2 is 1.43 bits per heavy atom. The molecule has 0 atom stereocenters. The zero-order valence-electron chi connectivity index (χ0n) is 17.8. The first kappa shape index (κ1) is 20.9. The molecule has 2 aromatic rings. The second kappa shape index (κ2) is 10.6. The summed E-state index contributed by atoms with van der Waals surface area (Å²) in [4.78, 5) is 15.3. The van der Waals surface area contributed by atoms with Gasteiger partial charge in [-0.05, 0) is 42.7 Å². The highest BCUT2D eigenvalue weighted by Gasteiger charge is 2.26. The third-order valence-electron chi connectivity index (χ3n) is 6.58. The highest BCUT2D eigenvalue weighted by molar-refractivity contribution is 5.69. The molecule has 1 N–H and O–H groups in total. The molecule has 1 aliphatic carbocycles. The number of nitrogens with zero attached hydrogens (tertiary/aromatic N) is 1. The van der Waals surface area contributed by atoms with Crippen LogP contribution in [0.5, 0.6) is 0 Å². The van der Waals surface area contributed by atoms with Gasteiger partial charge in [-0.25, -0.2) is 4.79 Å². The molecule has 2 aliphatic rings. The van der Waals surface area contributed by atoms with Crippen molar-refractivity contribution in [3.05, 3.63) is 71.8 Å². The number of hydrogen-bond donors (Lipinski definition) is 1. The number of rotatable bonds is 6. The van der Waals surface area contributed by atoms with Crippen LogP contribution >= 0.6 is 0 Å². The minimum Gasteiger partial charge on any atom is -0.446 e. The van der Waals surface area contributed by atoms with Crippen LogP contribution in [0, 0.1) is 5.92 Å². The van der Waals surface area contributed by atoms with Crippen LogP contribution in [0.3, 0.4) is 0 Å². The number of likely N-dealkylation sites (tertiary alicyclic amines) is 1. The first-order chi connectivity index (χ1) is 14.8. The molecule has 1 aliphatic heterocycles. The summed E-state index contributed by atoms with van der Waals surface area (Å²) in [5.74, 6) is 0.872. The topological polar surface area (TPSA) is 41.6 Å². The summed E-state index contributed by atoms with van der Waals surface area (Å²) in [5.41, 5.74) is 2.12. The van der Waals surface area contributed by atoms with E-state index in [2.05, 4.69) is 10.2 Å². The van der Waals surface area contributed by atoms with E-state index in [1.807, 2.05) is 60.7 Å². The molecule has 1 heterocycles. The minimum atomic E-state index is -0.321. The van der Waals surface area contributed by atoms with Gasteiger partial charge in [0.25, 0.3) is 0 Å². The van der Waals surface area contributed by atoms with Crippen molar-refractivity contribution in [2.24, 2.45) is 5.92 Å². The van der Waals surface area contributed by atoms with Gasteiger partial charge < -0.3 is 15.0 Å². The van der Waals surface area contributed by atoms with Crippen molar-refractivity contribution in [2.45, 2.75) is 57.1 Å². The van der Waals surface area contributed by atoms with E-state index in [9.17, 15) is 4.79 Å². The minimum absolute atomic E-state index is 0.0137. The Kier molecular flexibility index (Phi) is 7.41. The zero-order chi connectivity index (χ0) is 20.6. The van der Waals surface area contributed by atoms with Gasteiger partial charge in [0.15, 0.2) is 0 Å². The van der Waals surface area contributed by atoms with Crippen LogP contribution in [0.4, 0.5) is 4.79 Å². The molecule has 4 heteroatoms. The number of alkyl carbamates (subject to hydrolysis) is 1. The Morgan fingerprint density at radius 1 is 0.867 bits per heavy atom. The van der Waals surface area contributed by atoms with Gasteiger partial charge in [0, 0.05) is 19.6 Å². The second-order valence-electron chi connectivity index (χ2n) is 8.81. The lowest BCUT2D eigenvalue weighted by Crippen LogP contribution is -2.42. The maximum absolute atomic E-state index is 12.7. The van der Waals surface area contributed by atoms with E-state index in [4.69, 9.17) is 4.74 Å². The maximum atomic E-state index is 12.7. The van der Waals surface area contributed by atoms with E-state index in [0.717, 1.165) is 43.0 Å². The van der Waals surface area contributed by atoms with Crippen molar-refractivity contribution in [3.8, 4) is 0 Å². The Labute approximate surface area is 180 Å². The van der Waals surface area contributed by atoms with E-state index in [-0.39, 0.29) is 18.2 Å². The van der Waals surface area contributed by atoms with Crippen LogP contribution in [-0.2, 0) is 4.74 Å². The number of piperidine rings is 1. The summed E-state index contributed by atoms with van der Waals surface area (Å²) < 4.78 is 5.83. The lowest BCUT2D eigenvalue weighted by molar-refractivity contribution is 0.0436. The molecular formula is C26H34N2O2. The number of carbonyl (C=O) groups is 1. The van der Waals surface area contributed by atoms with Crippen LogP contribution < -0.4 is 5.32 Å². The molecule has 0 aromatic heterocycles. The Balaban J connectivity index is 1.29. The average molecular weight is 407 g/mol. The van der Waals surface area contributed by atoms with Gasteiger partial charge in [0.1, 0.15) is 6.10 Å². The SMILES string of the molecule is O=C(NC(c1ccccc1)c1ccccc1)OC1CCN(CC2CCCCC2)CC1. The van der Waals surface area contributed by atoms with E-state index in [0.29, 0.717) is 0 Å².